The van der Waals surface area contributed by atoms with Crippen LogP contribution in [0.1, 0.15) is 37.7 Å². The zero-order valence-electron chi connectivity index (χ0n) is 10.9. The Kier molecular flexibility index (Phi) is 3.79. The number of rotatable bonds is 4. The van der Waals surface area contributed by atoms with Gasteiger partial charge < -0.3 is 0 Å². The molecule has 2 saturated carbocycles. The van der Waals surface area contributed by atoms with Crippen molar-refractivity contribution >= 4 is 11.6 Å². The lowest BCUT2D eigenvalue weighted by Gasteiger charge is -2.24. The van der Waals surface area contributed by atoms with E-state index in [1.165, 1.54) is 25.7 Å². The van der Waals surface area contributed by atoms with Crippen LogP contribution in [-0.2, 0) is 6.42 Å². The predicted octanol–water partition coefficient (Wildman–Crippen LogP) is 4.94. The van der Waals surface area contributed by atoms with Crippen LogP contribution in [0.25, 0.3) is 0 Å². The summed E-state index contributed by atoms with van der Waals surface area (Å²) >= 11 is 6.37. The first-order valence-electron chi connectivity index (χ1n) is 7.20. The Morgan fingerprint density at radius 3 is 2.74 bits per heavy atom. The number of hydrogen-bond donors (Lipinski definition) is 0. The van der Waals surface area contributed by atoms with E-state index in [0.29, 0.717) is 17.9 Å². The summed E-state index contributed by atoms with van der Waals surface area (Å²) < 4.78 is 26.7. The van der Waals surface area contributed by atoms with Crippen LogP contribution in [-0.4, -0.2) is 5.38 Å². The lowest BCUT2D eigenvalue weighted by molar-refractivity contribution is 0.310. The summed E-state index contributed by atoms with van der Waals surface area (Å²) in [6, 6.07) is 4.33. The van der Waals surface area contributed by atoms with Crippen molar-refractivity contribution in [3.05, 3.63) is 35.4 Å². The summed E-state index contributed by atoms with van der Waals surface area (Å²) in [6.45, 7) is 0. The van der Waals surface area contributed by atoms with Crippen molar-refractivity contribution in [3.63, 3.8) is 0 Å². The van der Waals surface area contributed by atoms with E-state index in [4.69, 9.17) is 11.6 Å². The predicted molar refractivity (Wildman–Crippen MR) is 73.3 cm³/mol. The molecule has 19 heavy (non-hydrogen) atoms. The van der Waals surface area contributed by atoms with E-state index < -0.39 is 11.6 Å². The van der Waals surface area contributed by atoms with Crippen LogP contribution < -0.4 is 0 Å². The lowest BCUT2D eigenvalue weighted by Crippen LogP contribution is -2.17. The van der Waals surface area contributed by atoms with Crippen LogP contribution in [0.2, 0.25) is 0 Å². The molecule has 0 aromatic heterocycles. The molecule has 0 radical (unpaired) electrons. The highest BCUT2D eigenvalue weighted by Crippen LogP contribution is 2.50. The average Bonchev–Trinajstić information content (AvgIpc) is 2.97. The molecule has 2 bridgehead atoms. The topological polar surface area (TPSA) is 0 Å². The van der Waals surface area contributed by atoms with Crippen molar-refractivity contribution in [2.24, 2.45) is 17.8 Å². The summed E-state index contributed by atoms with van der Waals surface area (Å²) in [5.41, 5.74) is 0.406. The Hall–Kier alpha value is -0.630. The molecule has 0 amide bonds. The molecule has 0 N–H and O–H groups in total. The molecule has 104 valence electrons. The van der Waals surface area contributed by atoms with Crippen molar-refractivity contribution < 1.29 is 8.78 Å². The van der Waals surface area contributed by atoms with Gasteiger partial charge in [0.25, 0.3) is 0 Å². The second-order valence-electron chi connectivity index (χ2n) is 6.18. The number of alkyl halides is 1. The molecule has 4 atom stereocenters. The number of halogens is 3. The van der Waals surface area contributed by atoms with Gasteiger partial charge in [0.1, 0.15) is 0 Å². The Balaban J connectivity index is 1.59. The monoisotopic (exact) mass is 284 g/mol. The molecule has 2 aliphatic rings. The highest BCUT2D eigenvalue weighted by Gasteiger charge is 2.39. The van der Waals surface area contributed by atoms with Gasteiger partial charge in [-0.3, -0.25) is 0 Å². The van der Waals surface area contributed by atoms with E-state index in [1.54, 1.807) is 12.1 Å². The van der Waals surface area contributed by atoms with Gasteiger partial charge in [0.15, 0.2) is 11.6 Å². The zero-order valence-corrected chi connectivity index (χ0v) is 11.7. The Bertz CT molecular complexity index is 460. The SMILES string of the molecule is Fc1cccc(CC(Cl)CC2CC3CCC2C3)c1F. The summed E-state index contributed by atoms with van der Waals surface area (Å²) in [5.74, 6) is 0.939. The molecule has 0 nitrogen and oxygen atoms in total. The van der Waals surface area contributed by atoms with E-state index in [0.717, 1.165) is 24.3 Å². The minimum Gasteiger partial charge on any atom is -0.204 e. The molecule has 3 heteroatoms. The van der Waals surface area contributed by atoms with Crippen molar-refractivity contribution in [2.45, 2.75) is 43.9 Å². The smallest absolute Gasteiger partial charge is 0.162 e. The van der Waals surface area contributed by atoms with Crippen LogP contribution >= 0.6 is 11.6 Å². The van der Waals surface area contributed by atoms with Gasteiger partial charge in [-0.05, 0) is 61.5 Å². The van der Waals surface area contributed by atoms with Gasteiger partial charge >= 0.3 is 0 Å². The maximum absolute atomic E-state index is 13.6. The van der Waals surface area contributed by atoms with Crippen molar-refractivity contribution in [3.8, 4) is 0 Å². The van der Waals surface area contributed by atoms with Crippen LogP contribution in [0.5, 0.6) is 0 Å². The largest absolute Gasteiger partial charge is 0.204 e. The highest BCUT2D eigenvalue weighted by atomic mass is 35.5. The van der Waals surface area contributed by atoms with Gasteiger partial charge in [0.05, 0.1) is 0 Å². The van der Waals surface area contributed by atoms with Crippen LogP contribution in [0.4, 0.5) is 8.78 Å². The molecule has 0 aliphatic heterocycles. The van der Waals surface area contributed by atoms with Gasteiger partial charge in [0.2, 0.25) is 0 Å². The summed E-state index contributed by atoms with van der Waals surface area (Å²) in [6.07, 6.45) is 6.75. The lowest BCUT2D eigenvalue weighted by atomic mass is 9.84. The van der Waals surface area contributed by atoms with E-state index >= 15 is 0 Å². The van der Waals surface area contributed by atoms with Gasteiger partial charge in [0, 0.05) is 5.38 Å². The standard InChI is InChI=1S/C16H19ClF2/c17-14(8-12-2-1-3-15(18)16(12)19)9-13-7-10-4-5-11(13)6-10/h1-3,10-11,13-14H,4-9H2. The fourth-order valence-corrected chi connectivity index (χ4v) is 4.42. The third-order valence-corrected chi connectivity index (χ3v) is 5.25. The van der Waals surface area contributed by atoms with E-state index in [1.807, 2.05) is 0 Å². The Morgan fingerprint density at radius 2 is 2.05 bits per heavy atom. The van der Waals surface area contributed by atoms with E-state index in [9.17, 15) is 8.78 Å². The summed E-state index contributed by atoms with van der Waals surface area (Å²) in [5, 5.41) is -0.0827. The average molecular weight is 285 g/mol. The first-order chi connectivity index (χ1) is 9.13. The molecule has 0 heterocycles. The Labute approximate surface area is 118 Å². The van der Waals surface area contributed by atoms with Crippen molar-refractivity contribution in [2.75, 3.05) is 0 Å². The van der Waals surface area contributed by atoms with Gasteiger partial charge in [-0.15, -0.1) is 11.6 Å². The number of hydrogen-bond acceptors (Lipinski definition) is 0. The molecule has 2 fully saturated rings. The minimum atomic E-state index is -0.777. The fraction of sp³-hybridized carbons (Fsp3) is 0.625. The molecular formula is C16H19ClF2. The first-order valence-corrected chi connectivity index (χ1v) is 7.64. The third-order valence-electron chi connectivity index (χ3n) is 4.92. The van der Waals surface area contributed by atoms with Crippen molar-refractivity contribution in [1.82, 2.24) is 0 Å². The number of fused-ring (bicyclic) bond motifs is 2. The van der Waals surface area contributed by atoms with Crippen LogP contribution in [0.3, 0.4) is 0 Å². The second kappa shape index (κ2) is 5.40. The maximum atomic E-state index is 13.6. The van der Waals surface area contributed by atoms with E-state index in [2.05, 4.69) is 0 Å². The summed E-state index contributed by atoms with van der Waals surface area (Å²) in [4.78, 5) is 0. The quantitative estimate of drug-likeness (QED) is 0.687. The maximum Gasteiger partial charge on any atom is 0.162 e. The molecule has 0 spiro atoms. The molecule has 0 saturated heterocycles. The molecule has 2 aliphatic carbocycles. The fourth-order valence-electron chi connectivity index (χ4n) is 4.02. The molecule has 4 unspecified atom stereocenters. The van der Waals surface area contributed by atoms with Crippen LogP contribution in [0.15, 0.2) is 18.2 Å². The van der Waals surface area contributed by atoms with Crippen LogP contribution in [0, 0.1) is 29.4 Å². The second-order valence-corrected chi connectivity index (χ2v) is 6.80. The van der Waals surface area contributed by atoms with E-state index in [-0.39, 0.29) is 5.38 Å². The minimum absolute atomic E-state index is 0.0827. The Morgan fingerprint density at radius 1 is 1.21 bits per heavy atom. The zero-order chi connectivity index (χ0) is 13.4. The highest BCUT2D eigenvalue weighted by molar-refractivity contribution is 6.20. The first kappa shape index (κ1) is 13.4. The molecule has 3 rings (SSSR count). The normalized spacial score (nSPS) is 30.8. The molecule has 1 aromatic carbocycles. The van der Waals surface area contributed by atoms with Crippen molar-refractivity contribution in [1.29, 1.82) is 0 Å². The summed E-state index contributed by atoms with van der Waals surface area (Å²) in [7, 11) is 0. The third kappa shape index (κ3) is 2.79. The van der Waals surface area contributed by atoms with Gasteiger partial charge in [-0.25, -0.2) is 8.78 Å². The van der Waals surface area contributed by atoms with Gasteiger partial charge in [-0.1, -0.05) is 18.6 Å². The number of benzene rings is 1. The van der Waals surface area contributed by atoms with Gasteiger partial charge in [-0.2, -0.15) is 0 Å². The molecule has 1 aromatic rings. The molecular weight excluding hydrogens is 266 g/mol.